The Balaban J connectivity index is 1.58. The maximum atomic E-state index is 9.70. The normalized spacial score (nSPS) is 12.4. The smallest absolute Gasteiger partial charge is 0.196 e. The molecule has 0 saturated heterocycles. The van der Waals surface area contributed by atoms with Gasteiger partial charge in [0.25, 0.3) is 0 Å². The first-order valence-corrected chi connectivity index (χ1v) is 15.3. The predicted molar refractivity (Wildman–Crippen MR) is 183 cm³/mol. The van der Waals surface area contributed by atoms with E-state index in [-0.39, 0.29) is 10.8 Å². The molecule has 0 aliphatic rings. The van der Waals surface area contributed by atoms with Gasteiger partial charge in [-0.25, -0.2) is 14.8 Å². The first kappa shape index (κ1) is 29.9. The van der Waals surface area contributed by atoms with Crippen molar-refractivity contribution in [2.75, 3.05) is 0 Å². The molecule has 0 fully saturated rings. The second kappa shape index (κ2) is 10.5. The number of rotatable bonds is 4. The molecule has 4 heterocycles. The molecule has 6 aromatic rings. The minimum atomic E-state index is -0.558. The first-order valence-electron chi connectivity index (χ1n) is 15.3. The SMILES string of the molecule is [C-]#[N+]c1cccc2c1ccn2-c1cc(C(C)(C)C)cc(C(C)(C)c2cc(C(C)(C)C)cc(-n3ccc4c(C#N)cccc43)n2)n1. The van der Waals surface area contributed by atoms with Gasteiger partial charge in [-0.2, -0.15) is 5.26 Å². The van der Waals surface area contributed by atoms with E-state index in [2.05, 4.69) is 99.7 Å². The topological polar surface area (TPSA) is 63.8 Å². The average molecular weight is 591 g/mol. The summed E-state index contributed by atoms with van der Waals surface area (Å²) < 4.78 is 4.17. The Morgan fingerprint density at radius 1 is 0.667 bits per heavy atom. The number of benzene rings is 2. The maximum Gasteiger partial charge on any atom is 0.196 e. The Labute approximate surface area is 265 Å². The zero-order chi connectivity index (χ0) is 32.3. The molecule has 0 bridgehead atoms. The van der Waals surface area contributed by atoms with Crippen molar-refractivity contribution in [3.63, 3.8) is 0 Å². The van der Waals surface area contributed by atoms with Gasteiger partial charge in [0.05, 0.1) is 35.1 Å². The summed E-state index contributed by atoms with van der Waals surface area (Å²) in [5, 5.41) is 11.5. The van der Waals surface area contributed by atoms with Crippen LogP contribution >= 0.6 is 0 Å². The molecule has 0 saturated carbocycles. The monoisotopic (exact) mass is 590 g/mol. The van der Waals surface area contributed by atoms with Crippen LogP contribution in [0.5, 0.6) is 0 Å². The van der Waals surface area contributed by atoms with Crippen molar-refractivity contribution in [1.82, 2.24) is 19.1 Å². The third-order valence-electron chi connectivity index (χ3n) is 8.81. The third-order valence-corrected chi connectivity index (χ3v) is 8.81. The van der Waals surface area contributed by atoms with Crippen molar-refractivity contribution in [3.05, 3.63) is 125 Å². The van der Waals surface area contributed by atoms with Crippen LogP contribution in [0.2, 0.25) is 0 Å². The van der Waals surface area contributed by atoms with Gasteiger partial charge in [0.15, 0.2) is 5.69 Å². The summed E-state index contributed by atoms with van der Waals surface area (Å²) in [7, 11) is 0. The Kier molecular flexibility index (Phi) is 6.94. The first-order chi connectivity index (χ1) is 21.2. The number of hydrogen-bond acceptors (Lipinski definition) is 3. The quantitative estimate of drug-likeness (QED) is 0.192. The van der Waals surface area contributed by atoms with Gasteiger partial charge in [0, 0.05) is 34.1 Å². The Bertz CT molecular complexity index is 2030. The molecule has 0 amide bonds. The number of fused-ring (bicyclic) bond motifs is 2. The van der Waals surface area contributed by atoms with Crippen molar-refractivity contribution in [3.8, 4) is 17.7 Å². The van der Waals surface area contributed by atoms with E-state index in [0.29, 0.717) is 11.3 Å². The molecule has 6 heteroatoms. The minimum absolute atomic E-state index is 0.124. The van der Waals surface area contributed by atoms with Crippen molar-refractivity contribution in [2.45, 2.75) is 71.6 Å². The molecule has 6 rings (SSSR count). The summed E-state index contributed by atoms with van der Waals surface area (Å²) in [5.41, 5.74) is 6.56. The summed E-state index contributed by atoms with van der Waals surface area (Å²) in [5.74, 6) is 1.63. The van der Waals surface area contributed by atoms with Crippen LogP contribution < -0.4 is 0 Å². The lowest BCUT2D eigenvalue weighted by atomic mass is 9.78. The number of pyridine rings is 2. The molecule has 6 nitrogen and oxygen atoms in total. The highest BCUT2D eigenvalue weighted by molar-refractivity contribution is 5.93. The second-order valence-corrected chi connectivity index (χ2v) is 14.4. The van der Waals surface area contributed by atoms with E-state index < -0.39 is 5.41 Å². The number of nitrogens with zero attached hydrogens (tertiary/aromatic N) is 6. The predicted octanol–water partition coefficient (Wildman–Crippen LogP) is 9.71. The molecular formula is C39H38N6. The fourth-order valence-electron chi connectivity index (χ4n) is 5.83. The fraction of sp³-hybridized carbons (Fsp3) is 0.282. The number of nitriles is 1. The summed E-state index contributed by atoms with van der Waals surface area (Å²) in [6.45, 7) is 25.3. The van der Waals surface area contributed by atoms with Crippen molar-refractivity contribution in [1.29, 1.82) is 5.26 Å². The highest BCUT2D eigenvalue weighted by Gasteiger charge is 2.31. The van der Waals surface area contributed by atoms with Gasteiger partial charge in [-0.05, 0) is 90.4 Å². The van der Waals surface area contributed by atoms with E-state index in [1.807, 2.05) is 60.9 Å². The van der Waals surface area contributed by atoms with Crippen LogP contribution in [0.25, 0.3) is 38.3 Å². The van der Waals surface area contributed by atoms with Crippen LogP contribution in [-0.2, 0) is 16.2 Å². The standard InChI is InChI=1S/C39H38N6/c1-37(2,3)26-20-33(42-35(22-26)44-18-16-28-25(24-40)12-10-14-31(28)44)39(7,8)34-21-27(38(4,5)6)23-36(43-34)45-19-17-29-30(41-9)13-11-15-32(29)45/h10-23H,1-8H3. The third kappa shape index (κ3) is 5.17. The van der Waals surface area contributed by atoms with Crippen molar-refractivity contribution < 1.29 is 0 Å². The fourth-order valence-corrected chi connectivity index (χ4v) is 5.83. The number of hydrogen-bond donors (Lipinski definition) is 0. The molecule has 0 unspecified atom stereocenters. The maximum absolute atomic E-state index is 9.70. The van der Waals surface area contributed by atoms with Crippen molar-refractivity contribution in [2.24, 2.45) is 0 Å². The van der Waals surface area contributed by atoms with E-state index in [0.717, 1.165) is 44.8 Å². The molecule has 0 radical (unpaired) electrons. The lowest BCUT2D eigenvalue weighted by Gasteiger charge is -2.30. The molecule has 0 spiro atoms. The lowest BCUT2D eigenvalue weighted by Crippen LogP contribution is -2.26. The molecule has 0 aliphatic heterocycles. The van der Waals surface area contributed by atoms with Crippen molar-refractivity contribution >= 4 is 27.5 Å². The van der Waals surface area contributed by atoms with Crippen LogP contribution in [0, 0.1) is 17.9 Å². The minimum Gasteiger partial charge on any atom is -0.303 e. The number of aromatic nitrogens is 4. The zero-order valence-electron chi connectivity index (χ0n) is 27.3. The van der Waals surface area contributed by atoms with Gasteiger partial charge in [0.1, 0.15) is 11.6 Å². The highest BCUT2D eigenvalue weighted by atomic mass is 15.1. The van der Waals surface area contributed by atoms with Gasteiger partial charge in [0.2, 0.25) is 0 Å². The van der Waals surface area contributed by atoms with E-state index in [1.54, 1.807) is 0 Å². The Morgan fingerprint density at radius 2 is 1.16 bits per heavy atom. The molecule has 2 aromatic carbocycles. The van der Waals surface area contributed by atoms with Gasteiger partial charge in [-0.3, -0.25) is 0 Å². The average Bonchev–Trinajstić information content (AvgIpc) is 3.64. The molecule has 4 aromatic heterocycles. The van der Waals surface area contributed by atoms with Gasteiger partial charge >= 0.3 is 0 Å². The summed E-state index contributed by atoms with van der Waals surface area (Å²) in [6, 6.07) is 26.7. The highest BCUT2D eigenvalue weighted by Crippen LogP contribution is 2.37. The van der Waals surface area contributed by atoms with Crippen LogP contribution in [0.3, 0.4) is 0 Å². The van der Waals surface area contributed by atoms with E-state index in [1.165, 1.54) is 11.1 Å². The molecule has 45 heavy (non-hydrogen) atoms. The molecule has 0 atom stereocenters. The van der Waals surface area contributed by atoms with Gasteiger partial charge < -0.3 is 9.13 Å². The zero-order valence-corrected chi connectivity index (χ0v) is 27.3. The molecular weight excluding hydrogens is 552 g/mol. The molecule has 224 valence electrons. The van der Waals surface area contributed by atoms with Gasteiger partial charge in [-0.1, -0.05) is 59.7 Å². The van der Waals surface area contributed by atoms with E-state index in [4.69, 9.17) is 16.5 Å². The van der Waals surface area contributed by atoms with Crippen LogP contribution in [-0.4, -0.2) is 19.1 Å². The summed E-state index contributed by atoms with van der Waals surface area (Å²) in [4.78, 5) is 14.3. The largest absolute Gasteiger partial charge is 0.303 e. The summed E-state index contributed by atoms with van der Waals surface area (Å²) >= 11 is 0. The van der Waals surface area contributed by atoms with Gasteiger partial charge in [-0.15, -0.1) is 0 Å². The van der Waals surface area contributed by atoms with E-state index in [9.17, 15) is 5.26 Å². The van der Waals surface area contributed by atoms with E-state index >= 15 is 0 Å². The Hall–Kier alpha value is -5.20. The lowest BCUT2D eigenvalue weighted by molar-refractivity contribution is 0.555. The van der Waals surface area contributed by atoms with Crippen LogP contribution in [0.1, 0.15) is 83.5 Å². The molecule has 0 N–H and O–H groups in total. The molecule has 0 aliphatic carbocycles. The van der Waals surface area contributed by atoms with Crippen LogP contribution in [0.15, 0.2) is 85.2 Å². The second-order valence-electron chi connectivity index (χ2n) is 14.4. The Morgan fingerprint density at radius 3 is 1.64 bits per heavy atom. The van der Waals surface area contributed by atoms with Crippen LogP contribution in [0.4, 0.5) is 5.69 Å². The summed E-state index contributed by atoms with van der Waals surface area (Å²) in [6.07, 6.45) is 4.01.